The Morgan fingerprint density at radius 1 is 1.28 bits per heavy atom. The number of aryl methyl sites for hydroxylation is 1. The molecule has 1 N–H and O–H groups in total. The van der Waals surface area contributed by atoms with Crippen LogP contribution in [0.1, 0.15) is 24.4 Å². The van der Waals surface area contributed by atoms with Gasteiger partial charge in [0.2, 0.25) is 0 Å². The molecule has 1 atom stereocenters. The van der Waals surface area contributed by atoms with Crippen LogP contribution in [0, 0.1) is 5.82 Å². The molecule has 1 saturated heterocycles. The van der Waals surface area contributed by atoms with E-state index in [4.69, 9.17) is 0 Å². The lowest BCUT2D eigenvalue weighted by molar-refractivity contribution is 0.132. The van der Waals surface area contributed by atoms with Gasteiger partial charge in [0, 0.05) is 45.3 Å². The van der Waals surface area contributed by atoms with Gasteiger partial charge in [-0.3, -0.25) is 4.90 Å². The summed E-state index contributed by atoms with van der Waals surface area (Å²) in [7, 11) is 1.85. The van der Waals surface area contributed by atoms with Crippen molar-refractivity contribution in [1.29, 1.82) is 0 Å². The van der Waals surface area contributed by atoms with Crippen molar-refractivity contribution < 1.29 is 9.18 Å². The quantitative estimate of drug-likeness (QED) is 0.912. The number of carbonyl (C=O) groups is 1. The Hall–Kier alpha value is -2.48. The van der Waals surface area contributed by atoms with Gasteiger partial charge in [0.25, 0.3) is 0 Å². The fourth-order valence-electron chi connectivity index (χ4n) is 3.00. The maximum Gasteiger partial charge on any atom is 0.318 e. The number of rotatable bonds is 4. The molecule has 1 aromatic heterocycles. The molecule has 3 rings (SSSR count). The number of carbonyl (C=O) groups excluding carboxylic acids is 1. The van der Waals surface area contributed by atoms with Crippen LogP contribution in [0.25, 0.3) is 0 Å². The van der Waals surface area contributed by atoms with Gasteiger partial charge in [0.15, 0.2) is 5.82 Å². The smallest absolute Gasteiger partial charge is 0.318 e. The van der Waals surface area contributed by atoms with Crippen LogP contribution >= 0.6 is 0 Å². The third kappa shape index (κ3) is 4.14. The summed E-state index contributed by atoms with van der Waals surface area (Å²) in [5, 5.41) is 10.8. The molecule has 8 heteroatoms. The van der Waals surface area contributed by atoms with Gasteiger partial charge in [0.1, 0.15) is 12.1 Å². The van der Waals surface area contributed by atoms with Crippen LogP contribution < -0.4 is 5.32 Å². The van der Waals surface area contributed by atoms with E-state index < -0.39 is 0 Å². The van der Waals surface area contributed by atoms with Crippen LogP contribution in [-0.2, 0) is 13.6 Å². The molecule has 0 aliphatic carbocycles. The summed E-state index contributed by atoms with van der Waals surface area (Å²) in [5.74, 6) is 0.534. The molecule has 25 heavy (non-hydrogen) atoms. The Morgan fingerprint density at radius 2 is 2.00 bits per heavy atom. The minimum Gasteiger partial charge on any atom is -0.328 e. The third-order valence-corrected chi connectivity index (χ3v) is 4.48. The Labute approximate surface area is 146 Å². The summed E-state index contributed by atoms with van der Waals surface area (Å²) < 4.78 is 15.5. The zero-order valence-electron chi connectivity index (χ0n) is 14.5. The molecule has 0 radical (unpaired) electrons. The summed E-state index contributed by atoms with van der Waals surface area (Å²) in [5.41, 5.74) is 0.691. The van der Waals surface area contributed by atoms with E-state index >= 15 is 0 Å². The molecule has 0 saturated carbocycles. The second-order valence-corrected chi connectivity index (χ2v) is 6.33. The molecule has 7 nitrogen and oxygen atoms in total. The van der Waals surface area contributed by atoms with Crippen LogP contribution in [0.4, 0.5) is 9.18 Å². The number of piperazine rings is 1. The molecular weight excluding hydrogens is 323 g/mol. The normalized spacial score (nSPS) is 16.7. The number of aromatic nitrogens is 3. The van der Waals surface area contributed by atoms with Crippen molar-refractivity contribution in [3.05, 3.63) is 47.8 Å². The minimum absolute atomic E-state index is 0.110. The number of nitrogens with one attached hydrogen (secondary N) is 1. The molecule has 1 aliphatic heterocycles. The topological polar surface area (TPSA) is 66.3 Å². The molecule has 134 valence electrons. The van der Waals surface area contributed by atoms with E-state index in [1.807, 2.05) is 20.0 Å². The highest BCUT2D eigenvalue weighted by molar-refractivity contribution is 5.74. The molecule has 0 spiro atoms. The molecule has 0 unspecified atom stereocenters. The van der Waals surface area contributed by atoms with E-state index in [1.165, 1.54) is 6.07 Å². The first-order chi connectivity index (χ1) is 12.0. The molecule has 1 aromatic carbocycles. The maximum atomic E-state index is 13.7. The van der Waals surface area contributed by atoms with Gasteiger partial charge in [-0.25, -0.2) is 9.18 Å². The van der Waals surface area contributed by atoms with Crippen molar-refractivity contribution in [3.8, 4) is 0 Å². The van der Waals surface area contributed by atoms with Crippen molar-refractivity contribution in [3.63, 3.8) is 0 Å². The Bertz CT molecular complexity index is 725. The fourth-order valence-corrected chi connectivity index (χ4v) is 3.00. The van der Waals surface area contributed by atoms with Crippen molar-refractivity contribution in [2.75, 3.05) is 26.2 Å². The molecule has 2 amide bonds. The molecule has 1 aliphatic rings. The van der Waals surface area contributed by atoms with Crippen LogP contribution in [-0.4, -0.2) is 56.8 Å². The van der Waals surface area contributed by atoms with Gasteiger partial charge < -0.3 is 14.8 Å². The minimum atomic E-state index is -0.212. The van der Waals surface area contributed by atoms with Crippen LogP contribution in [0.3, 0.4) is 0 Å². The van der Waals surface area contributed by atoms with Crippen molar-refractivity contribution in [2.45, 2.75) is 19.5 Å². The van der Waals surface area contributed by atoms with Gasteiger partial charge in [0.05, 0.1) is 6.04 Å². The first-order valence-corrected chi connectivity index (χ1v) is 8.39. The molecule has 2 heterocycles. The lowest BCUT2D eigenvalue weighted by Gasteiger charge is -2.35. The van der Waals surface area contributed by atoms with E-state index in [0.717, 1.165) is 13.1 Å². The van der Waals surface area contributed by atoms with Gasteiger partial charge in [-0.05, 0) is 13.0 Å². The largest absolute Gasteiger partial charge is 0.328 e. The predicted octanol–water partition coefficient (Wildman–Crippen LogP) is 1.54. The van der Waals surface area contributed by atoms with E-state index in [1.54, 1.807) is 27.9 Å². The van der Waals surface area contributed by atoms with Crippen molar-refractivity contribution in [1.82, 2.24) is 29.9 Å². The van der Waals surface area contributed by atoms with Gasteiger partial charge in [-0.15, -0.1) is 10.2 Å². The first kappa shape index (κ1) is 17.3. The standard InChI is InChI=1S/C17H23FN6O/c1-13(16-21-19-12-22(16)2)20-17(25)24-9-7-23(8-10-24)11-14-5-3-4-6-15(14)18/h3-6,12-13H,7-11H2,1-2H3,(H,20,25)/t13-/m0/s1. The van der Waals surface area contributed by atoms with Crippen LogP contribution in [0.2, 0.25) is 0 Å². The predicted molar refractivity (Wildman–Crippen MR) is 91.2 cm³/mol. The Kier molecular flexibility index (Phi) is 5.28. The first-order valence-electron chi connectivity index (χ1n) is 8.39. The molecular formula is C17H23FN6O. The number of benzene rings is 1. The van der Waals surface area contributed by atoms with Crippen molar-refractivity contribution in [2.24, 2.45) is 7.05 Å². The van der Waals surface area contributed by atoms with Gasteiger partial charge in [-0.1, -0.05) is 18.2 Å². The summed E-state index contributed by atoms with van der Waals surface area (Å²) in [6.45, 7) is 5.13. The second kappa shape index (κ2) is 7.60. The SMILES string of the molecule is C[C@H](NC(=O)N1CCN(Cc2ccccc2F)CC1)c1nncn1C. The summed E-state index contributed by atoms with van der Waals surface area (Å²) >= 11 is 0. The highest BCUT2D eigenvalue weighted by Crippen LogP contribution is 2.13. The fraction of sp³-hybridized carbons (Fsp3) is 0.471. The zero-order valence-corrected chi connectivity index (χ0v) is 14.5. The summed E-state index contributed by atoms with van der Waals surface area (Å²) in [6.07, 6.45) is 1.61. The number of hydrogen-bond donors (Lipinski definition) is 1. The average Bonchev–Trinajstić information content (AvgIpc) is 3.03. The van der Waals surface area contributed by atoms with E-state index in [2.05, 4.69) is 20.4 Å². The number of nitrogens with zero attached hydrogens (tertiary/aromatic N) is 5. The highest BCUT2D eigenvalue weighted by atomic mass is 19.1. The third-order valence-electron chi connectivity index (χ3n) is 4.48. The van der Waals surface area contributed by atoms with E-state index in [9.17, 15) is 9.18 Å². The molecule has 0 bridgehead atoms. The van der Waals surface area contributed by atoms with Gasteiger partial charge in [-0.2, -0.15) is 0 Å². The number of halogens is 1. The van der Waals surface area contributed by atoms with E-state index in [-0.39, 0.29) is 17.9 Å². The lowest BCUT2D eigenvalue weighted by atomic mass is 10.2. The highest BCUT2D eigenvalue weighted by Gasteiger charge is 2.23. The molecule has 2 aromatic rings. The Morgan fingerprint density at radius 3 is 2.64 bits per heavy atom. The van der Waals surface area contributed by atoms with Crippen LogP contribution in [0.15, 0.2) is 30.6 Å². The second-order valence-electron chi connectivity index (χ2n) is 6.33. The average molecular weight is 346 g/mol. The monoisotopic (exact) mass is 346 g/mol. The number of amides is 2. The maximum absolute atomic E-state index is 13.7. The summed E-state index contributed by atoms with van der Waals surface area (Å²) in [6, 6.07) is 6.50. The van der Waals surface area contributed by atoms with Crippen molar-refractivity contribution >= 4 is 6.03 Å². The van der Waals surface area contributed by atoms with Gasteiger partial charge >= 0.3 is 6.03 Å². The Balaban J connectivity index is 1.49. The van der Waals surface area contributed by atoms with Crippen LogP contribution in [0.5, 0.6) is 0 Å². The number of hydrogen-bond acceptors (Lipinski definition) is 4. The molecule has 1 fully saturated rings. The lowest BCUT2D eigenvalue weighted by Crippen LogP contribution is -2.51. The zero-order chi connectivity index (χ0) is 17.8. The van der Waals surface area contributed by atoms with E-state index in [0.29, 0.717) is 31.0 Å². The summed E-state index contributed by atoms with van der Waals surface area (Å²) in [4.78, 5) is 16.4. The number of urea groups is 1.